The Balaban J connectivity index is 2.87. The maximum Gasteiger partial charge on any atom is 0.254 e. The summed E-state index contributed by atoms with van der Waals surface area (Å²) < 4.78 is 0. The highest BCUT2D eigenvalue weighted by molar-refractivity contribution is 5.94. The van der Waals surface area contributed by atoms with E-state index in [1.54, 1.807) is 11.0 Å². The second-order valence-corrected chi connectivity index (χ2v) is 4.11. The highest BCUT2D eigenvalue weighted by Crippen LogP contribution is 2.07. The zero-order chi connectivity index (χ0) is 12.8. The Morgan fingerprint density at radius 3 is 2.76 bits per heavy atom. The predicted octanol–water partition coefficient (Wildman–Crippen LogP) is 0.608. The van der Waals surface area contributed by atoms with Crippen LogP contribution in [0.3, 0.4) is 0 Å². The molecule has 1 aromatic heterocycles. The van der Waals surface area contributed by atoms with Crippen molar-refractivity contribution in [2.75, 3.05) is 13.2 Å². The van der Waals surface area contributed by atoms with E-state index < -0.39 is 0 Å². The van der Waals surface area contributed by atoms with Crippen molar-refractivity contribution >= 4 is 5.91 Å². The molecule has 1 aromatic rings. The number of aromatic nitrogens is 1. The smallest absolute Gasteiger partial charge is 0.254 e. The van der Waals surface area contributed by atoms with E-state index in [2.05, 4.69) is 4.98 Å². The van der Waals surface area contributed by atoms with Crippen LogP contribution in [0, 0.1) is 0 Å². The van der Waals surface area contributed by atoms with E-state index in [1.807, 2.05) is 13.8 Å². The third-order valence-corrected chi connectivity index (χ3v) is 2.46. The quantitative estimate of drug-likeness (QED) is 0.789. The number of nitrogens with one attached hydrogen (secondary N) is 1. The largest absolute Gasteiger partial charge is 0.396 e. The van der Waals surface area contributed by atoms with Gasteiger partial charge >= 0.3 is 0 Å². The van der Waals surface area contributed by atoms with Crippen molar-refractivity contribution in [2.24, 2.45) is 0 Å². The molecular weight excluding hydrogens is 220 g/mol. The first-order valence-electron chi connectivity index (χ1n) is 5.67. The third kappa shape index (κ3) is 3.71. The number of amides is 1. The molecule has 0 saturated carbocycles. The van der Waals surface area contributed by atoms with E-state index in [9.17, 15) is 9.59 Å². The Hall–Kier alpha value is -1.62. The number of hydrogen-bond donors (Lipinski definition) is 2. The van der Waals surface area contributed by atoms with Crippen molar-refractivity contribution in [1.29, 1.82) is 0 Å². The summed E-state index contributed by atoms with van der Waals surface area (Å²) in [6, 6.07) is 2.91. The second-order valence-electron chi connectivity index (χ2n) is 4.11. The summed E-state index contributed by atoms with van der Waals surface area (Å²) in [5.41, 5.74) is 0.0853. The molecule has 0 bridgehead atoms. The fourth-order valence-corrected chi connectivity index (χ4v) is 1.58. The Bertz CT molecular complexity index is 426. The van der Waals surface area contributed by atoms with Crippen LogP contribution in [-0.2, 0) is 0 Å². The molecule has 0 aliphatic carbocycles. The summed E-state index contributed by atoms with van der Waals surface area (Å²) in [5, 5.41) is 8.80. The van der Waals surface area contributed by atoms with Crippen molar-refractivity contribution in [3.05, 3.63) is 34.2 Å². The molecule has 0 aliphatic rings. The minimum Gasteiger partial charge on any atom is -0.396 e. The van der Waals surface area contributed by atoms with Crippen molar-refractivity contribution < 1.29 is 9.90 Å². The number of carbonyl (C=O) groups excluding carboxylic acids is 1. The minimum absolute atomic E-state index is 0.0355. The molecule has 0 spiro atoms. The molecule has 0 unspecified atom stereocenters. The molecule has 0 atom stereocenters. The number of carbonyl (C=O) groups is 1. The van der Waals surface area contributed by atoms with E-state index in [4.69, 9.17) is 5.11 Å². The standard InChI is InChI=1S/C12H18N2O3/c1-9(2)14(6-3-7-15)12(17)10-4-5-13-11(16)8-10/h4-5,8-9,15H,3,6-7H2,1-2H3,(H,13,16). The topological polar surface area (TPSA) is 73.4 Å². The lowest BCUT2D eigenvalue weighted by molar-refractivity contribution is 0.0693. The lowest BCUT2D eigenvalue weighted by Crippen LogP contribution is -2.38. The third-order valence-electron chi connectivity index (χ3n) is 2.46. The Kier molecular flexibility index (Phi) is 4.90. The molecule has 0 aliphatic heterocycles. The molecule has 1 rings (SSSR count). The van der Waals surface area contributed by atoms with Gasteiger partial charge in [-0.25, -0.2) is 0 Å². The van der Waals surface area contributed by atoms with Gasteiger partial charge in [-0.3, -0.25) is 9.59 Å². The molecular formula is C12H18N2O3. The summed E-state index contributed by atoms with van der Waals surface area (Å²) in [7, 11) is 0. The summed E-state index contributed by atoms with van der Waals surface area (Å²) in [5.74, 6) is -0.181. The maximum atomic E-state index is 12.1. The molecule has 17 heavy (non-hydrogen) atoms. The first-order valence-corrected chi connectivity index (χ1v) is 5.67. The summed E-state index contributed by atoms with van der Waals surface area (Å²) in [6.07, 6.45) is 1.99. The molecule has 1 amide bonds. The molecule has 0 saturated heterocycles. The lowest BCUT2D eigenvalue weighted by atomic mass is 10.2. The van der Waals surface area contributed by atoms with Crippen LogP contribution in [0.5, 0.6) is 0 Å². The van der Waals surface area contributed by atoms with E-state index in [-0.39, 0.29) is 24.1 Å². The number of aliphatic hydroxyl groups excluding tert-OH is 1. The fraction of sp³-hybridized carbons (Fsp3) is 0.500. The molecule has 94 valence electrons. The summed E-state index contributed by atoms with van der Waals surface area (Å²) >= 11 is 0. The van der Waals surface area contributed by atoms with Gasteiger partial charge in [-0.1, -0.05) is 0 Å². The van der Waals surface area contributed by atoms with Crippen LogP contribution in [0.4, 0.5) is 0 Å². The fourth-order valence-electron chi connectivity index (χ4n) is 1.58. The number of nitrogens with zero attached hydrogens (tertiary/aromatic N) is 1. The number of H-pyrrole nitrogens is 1. The van der Waals surface area contributed by atoms with Gasteiger partial charge in [0, 0.05) is 37.0 Å². The van der Waals surface area contributed by atoms with Crippen LogP contribution in [0.2, 0.25) is 0 Å². The van der Waals surface area contributed by atoms with E-state index in [0.717, 1.165) is 0 Å². The number of aromatic amines is 1. The molecule has 5 nitrogen and oxygen atoms in total. The second kappa shape index (κ2) is 6.20. The maximum absolute atomic E-state index is 12.1. The van der Waals surface area contributed by atoms with Gasteiger partial charge in [0.2, 0.25) is 5.56 Å². The Morgan fingerprint density at radius 2 is 2.24 bits per heavy atom. The van der Waals surface area contributed by atoms with Gasteiger partial charge in [0.1, 0.15) is 0 Å². The first-order chi connectivity index (χ1) is 8.06. The zero-order valence-corrected chi connectivity index (χ0v) is 10.1. The monoisotopic (exact) mass is 238 g/mol. The van der Waals surface area contributed by atoms with Crippen LogP contribution >= 0.6 is 0 Å². The van der Waals surface area contributed by atoms with Crippen LogP contribution in [0.1, 0.15) is 30.6 Å². The van der Waals surface area contributed by atoms with Crippen LogP contribution < -0.4 is 5.56 Å². The number of rotatable bonds is 5. The van der Waals surface area contributed by atoms with Gasteiger partial charge in [0.25, 0.3) is 5.91 Å². The average Bonchev–Trinajstić information content (AvgIpc) is 2.29. The van der Waals surface area contributed by atoms with Crippen LogP contribution in [-0.4, -0.2) is 40.1 Å². The van der Waals surface area contributed by atoms with Crippen LogP contribution in [0.15, 0.2) is 23.1 Å². The first kappa shape index (κ1) is 13.4. The molecule has 0 fully saturated rings. The molecule has 1 heterocycles. The number of pyridine rings is 1. The zero-order valence-electron chi connectivity index (χ0n) is 10.1. The van der Waals surface area contributed by atoms with Crippen molar-refractivity contribution in [1.82, 2.24) is 9.88 Å². The van der Waals surface area contributed by atoms with Gasteiger partial charge in [0.05, 0.1) is 0 Å². The van der Waals surface area contributed by atoms with Gasteiger partial charge < -0.3 is 15.0 Å². The van der Waals surface area contributed by atoms with E-state index in [1.165, 1.54) is 12.3 Å². The lowest BCUT2D eigenvalue weighted by Gasteiger charge is -2.26. The minimum atomic E-state index is -0.290. The van der Waals surface area contributed by atoms with Gasteiger partial charge in [0.15, 0.2) is 0 Å². The number of hydrogen-bond acceptors (Lipinski definition) is 3. The highest BCUT2D eigenvalue weighted by atomic mass is 16.3. The highest BCUT2D eigenvalue weighted by Gasteiger charge is 2.18. The summed E-state index contributed by atoms with van der Waals surface area (Å²) in [4.78, 5) is 27.4. The van der Waals surface area contributed by atoms with E-state index >= 15 is 0 Å². The van der Waals surface area contributed by atoms with Gasteiger partial charge in [-0.2, -0.15) is 0 Å². The Labute approximate surface area is 100 Å². The molecule has 2 N–H and O–H groups in total. The van der Waals surface area contributed by atoms with Crippen LogP contribution in [0.25, 0.3) is 0 Å². The number of aliphatic hydroxyl groups is 1. The Morgan fingerprint density at radius 1 is 1.53 bits per heavy atom. The van der Waals surface area contributed by atoms with Crippen molar-refractivity contribution in [3.8, 4) is 0 Å². The van der Waals surface area contributed by atoms with Gasteiger partial charge in [-0.05, 0) is 26.3 Å². The van der Waals surface area contributed by atoms with Crippen molar-refractivity contribution in [2.45, 2.75) is 26.3 Å². The normalized spacial score (nSPS) is 10.6. The SMILES string of the molecule is CC(C)N(CCCO)C(=O)c1cc[nH]c(=O)c1. The molecule has 5 heteroatoms. The van der Waals surface area contributed by atoms with Gasteiger partial charge in [-0.15, -0.1) is 0 Å². The van der Waals surface area contributed by atoms with E-state index in [0.29, 0.717) is 18.5 Å². The van der Waals surface area contributed by atoms with Crippen molar-refractivity contribution in [3.63, 3.8) is 0 Å². The summed E-state index contributed by atoms with van der Waals surface area (Å²) in [6.45, 7) is 4.34. The predicted molar refractivity (Wildman–Crippen MR) is 64.9 cm³/mol. The molecule has 0 aromatic carbocycles. The molecule has 0 radical (unpaired) electrons. The average molecular weight is 238 g/mol.